The second kappa shape index (κ2) is 6.68. The summed E-state index contributed by atoms with van der Waals surface area (Å²) in [6.07, 6.45) is 1.89. The zero-order valence-corrected chi connectivity index (χ0v) is 13.4. The molecule has 10 heteroatoms. The molecule has 2 heterocycles. The van der Waals surface area contributed by atoms with Crippen LogP contribution in [-0.4, -0.2) is 35.2 Å². The Bertz CT molecular complexity index is 764. The van der Waals surface area contributed by atoms with E-state index in [1.54, 1.807) is 0 Å². The number of hydrogen-bond donors (Lipinski definition) is 1. The van der Waals surface area contributed by atoms with Crippen molar-refractivity contribution in [2.45, 2.75) is 18.9 Å². The van der Waals surface area contributed by atoms with E-state index in [1.165, 1.54) is 0 Å². The summed E-state index contributed by atoms with van der Waals surface area (Å²) in [7, 11) is 0. The van der Waals surface area contributed by atoms with Crippen molar-refractivity contribution >= 4 is 29.3 Å². The van der Waals surface area contributed by atoms with Crippen LogP contribution in [0, 0.1) is 29.1 Å². The number of rotatable bonds is 3. The molecule has 1 unspecified atom stereocenters. The van der Waals surface area contributed by atoms with E-state index in [2.05, 4.69) is 5.32 Å². The number of ether oxygens (including phenoxy) is 1. The molecule has 0 aromatic heterocycles. The van der Waals surface area contributed by atoms with Gasteiger partial charge in [-0.2, -0.15) is 0 Å². The van der Waals surface area contributed by atoms with Gasteiger partial charge in [0.2, 0.25) is 5.82 Å². The highest BCUT2D eigenvalue weighted by atomic mass is 32.1. The molecule has 3 rings (SSSR count). The lowest BCUT2D eigenvalue weighted by Crippen LogP contribution is -2.37. The largest absolute Gasteiger partial charge is 0.376 e. The van der Waals surface area contributed by atoms with Crippen LogP contribution in [-0.2, 0) is 9.53 Å². The predicted octanol–water partition coefficient (Wildman–Crippen LogP) is 2.62. The van der Waals surface area contributed by atoms with Gasteiger partial charge < -0.3 is 10.1 Å². The van der Waals surface area contributed by atoms with Gasteiger partial charge in [-0.15, -0.1) is 0 Å². The summed E-state index contributed by atoms with van der Waals surface area (Å²) in [5, 5.41) is 2.39. The molecule has 1 amide bonds. The van der Waals surface area contributed by atoms with Gasteiger partial charge in [-0.05, 0) is 31.1 Å². The topological polar surface area (TPSA) is 41.6 Å². The molecule has 1 aromatic carbocycles. The van der Waals surface area contributed by atoms with Crippen LogP contribution in [0.15, 0.2) is 5.70 Å². The predicted molar refractivity (Wildman–Crippen MR) is 80.6 cm³/mol. The zero-order valence-electron chi connectivity index (χ0n) is 12.5. The minimum Gasteiger partial charge on any atom is -0.376 e. The Balaban J connectivity index is 1.92. The third-order valence-corrected chi connectivity index (χ3v) is 4.23. The first-order chi connectivity index (χ1) is 11.8. The Hall–Kier alpha value is -2.07. The highest BCUT2D eigenvalue weighted by Crippen LogP contribution is 2.26. The van der Waals surface area contributed by atoms with Crippen LogP contribution in [0.5, 0.6) is 0 Å². The van der Waals surface area contributed by atoms with Crippen LogP contribution < -0.4 is 5.32 Å². The van der Waals surface area contributed by atoms with Gasteiger partial charge in [-0.3, -0.25) is 9.69 Å². The van der Waals surface area contributed by atoms with Crippen LogP contribution in [0.25, 0.3) is 6.08 Å². The Kier molecular flexibility index (Phi) is 4.74. The molecule has 25 heavy (non-hydrogen) atoms. The highest BCUT2D eigenvalue weighted by Gasteiger charge is 2.34. The Morgan fingerprint density at radius 1 is 1.12 bits per heavy atom. The number of nitrogens with zero attached hydrogens (tertiary/aromatic N) is 1. The molecule has 1 N–H and O–H groups in total. The van der Waals surface area contributed by atoms with Crippen molar-refractivity contribution in [3.8, 4) is 0 Å². The van der Waals surface area contributed by atoms with Crippen molar-refractivity contribution in [1.82, 2.24) is 10.2 Å². The first-order valence-electron chi connectivity index (χ1n) is 7.28. The molecule has 134 valence electrons. The summed E-state index contributed by atoms with van der Waals surface area (Å²) in [6, 6.07) is 0. The number of benzene rings is 1. The van der Waals surface area contributed by atoms with Gasteiger partial charge >= 0.3 is 0 Å². The average Bonchev–Trinajstić information content (AvgIpc) is 3.19. The second-order valence-corrected chi connectivity index (χ2v) is 5.91. The van der Waals surface area contributed by atoms with E-state index < -0.39 is 40.6 Å². The van der Waals surface area contributed by atoms with Crippen LogP contribution >= 0.6 is 12.2 Å². The molecule has 0 radical (unpaired) electrons. The molecule has 0 spiro atoms. The van der Waals surface area contributed by atoms with E-state index in [9.17, 15) is 26.7 Å². The highest BCUT2D eigenvalue weighted by molar-refractivity contribution is 7.80. The number of carbonyl (C=O) groups is 1. The Morgan fingerprint density at radius 3 is 2.28 bits per heavy atom. The quantitative estimate of drug-likeness (QED) is 0.289. The van der Waals surface area contributed by atoms with Gasteiger partial charge in [0.1, 0.15) is 5.70 Å². The third kappa shape index (κ3) is 3.11. The zero-order chi connectivity index (χ0) is 18.3. The normalized spacial score (nSPS) is 22.2. The number of hydrogen-bond acceptors (Lipinski definition) is 3. The van der Waals surface area contributed by atoms with Crippen LogP contribution in [0.1, 0.15) is 18.4 Å². The van der Waals surface area contributed by atoms with Crippen molar-refractivity contribution < 1.29 is 31.5 Å². The molecule has 2 aliphatic heterocycles. The second-order valence-electron chi connectivity index (χ2n) is 5.52. The molecule has 0 bridgehead atoms. The molecule has 0 saturated carbocycles. The molecule has 2 aliphatic rings. The monoisotopic (exact) mass is 378 g/mol. The maximum atomic E-state index is 13.7. The third-order valence-electron chi connectivity index (χ3n) is 3.90. The van der Waals surface area contributed by atoms with Crippen molar-refractivity contribution in [2.24, 2.45) is 0 Å². The summed E-state index contributed by atoms with van der Waals surface area (Å²) in [4.78, 5) is 13.4. The van der Waals surface area contributed by atoms with Crippen molar-refractivity contribution in [3.63, 3.8) is 0 Å². The number of thiocarbonyl (C=S) groups is 1. The Morgan fingerprint density at radius 2 is 1.72 bits per heavy atom. The maximum Gasteiger partial charge on any atom is 0.276 e. The number of nitrogens with one attached hydrogen (secondary N) is 1. The average molecular weight is 378 g/mol. The number of amides is 1. The van der Waals surface area contributed by atoms with E-state index in [1.807, 2.05) is 0 Å². The SMILES string of the molecule is O=C1/C(=C\c2c(F)c(F)c(F)c(F)c2F)NC(=S)N1CC1CCCO1. The maximum absolute atomic E-state index is 13.7. The van der Waals surface area contributed by atoms with Crippen molar-refractivity contribution in [1.29, 1.82) is 0 Å². The molecule has 4 nitrogen and oxygen atoms in total. The van der Waals surface area contributed by atoms with Crippen LogP contribution in [0.3, 0.4) is 0 Å². The van der Waals surface area contributed by atoms with Gasteiger partial charge in [0, 0.05) is 6.61 Å². The molecule has 2 saturated heterocycles. The standard InChI is InChI=1S/C15H11F5N2O2S/c16-9-7(10(17)12(19)13(20)11(9)18)4-8-14(23)22(15(25)21-8)5-6-2-1-3-24-6/h4,6H,1-3,5H2,(H,21,25)/b8-4+. The Labute approximate surface area is 144 Å². The van der Waals surface area contributed by atoms with E-state index in [0.29, 0.717) is 12.7 Å². The summed E-state index contributed by atoms with van der Waals surface area (Å²) in [5.41, 5.74) is -1.60. The van der Waals surface area contributed by atoms with Gasteiger partial charge in [0.15, 0.2) is 28.4 Å². The fourth-order valence-corrected chi connectivity index (χ4v) is 2.89. The minimum absolute atomic E-state index is 0.0318. The lowest BCUT2D eigenvalue weighted by molar-refractivity contribution is -0.123. The van der Waals surface area contributed by atoms with E-state index >= 15 is 0 Å². The fourth-order valence-electron chi connectivity index (χ4n) is 2.62. The molecular weight excluding hydrogens is 367 g/mol. The summed E-state index contributed by atoms with van der Waals surface area (Å²) in [5.74, 6) is -11.2. The van der Waals surface area contributed by atoms with Crippen LogP contribution in [0.2, 0.25) is 0 Å². The molecule has 0 aliphatic carbocycles. The van der Waals surface area contributed by atoms with Crippen molar-refractivity contribution in [3.05, 3.63) is 40.3 Å². The first-order valence-corrected chi connectivity index (χ1v) is 7.69. The van der Waals surface area contributed by atoms with Gasteiger partial charge in [0.05, 0.1) is 18.2 Å². The smallest absolute Gasteiger partial charge is 0.276 e. The van der Waals surface area contributed by atoms with E-state index in [4.69, 9.17) is 17.0 Å². The van der Waals surface area contributed by atoms with E-state index in [-0.39, 0.29) is 23.5 Å². The van der Waals surface area contributed by atoms with Gasteiger partial charge in [-0.1, -0.05) is 0 Å². The minimum atomic E-state index is -2.27. The van der Waals surface area contributed by atoms with Gasteiger partial charge in [0.25, 0.3) is 5.91 Å². The lowest BCUT2D eigenvalue weighted by Gasteiger charge is -2.18. The molecule has 1 atom stereocenters. The fraction of sp³-hybridized carbons (Fsp3) is 0.333. The number of carbonyl (C=O) groups excluding carboxylic acids is 1. The van der Waals surface area contributed by atoms with Crippen molar-refractivity contribution in [2.75, 3.05) is 13.2 Å². The molecule has 2 fully saturated rings. The van der Waals surface area contributed by atoms with E-state index in [0.717, 1.165) is 17.7 Å². The summed E-state index contributed by atoms with van der Waals surface area (Å²) in [6.45, 7) is 0.694. The molecular formula is C15H11F5N2O2S. The lowest BCUT2D eigenvalue weighted by atomic mass is 10.1. The summed E-state index contributed by atoms with van der Waals surface area (Å²) < 4.78 is 72.4. The summed E-state index contributed by atoms with van der Waals surface area (Å²) >= 11 is 4.99. The number of halogens is 5. The van der Waals surface area contributed by atoms with Gasteiger partial charge in [-0.25, -0.2) is 22.0 Å². The first kappa shape index (κ1) is 17.7. The molecule has 1 aromatic rings. The van der Waals surface area contributed by atoms with Crippen LogP contribution in [0.4, 0.5) is 22.0 Å².